The Morgan fingerprint density at radius 3 is 3.00 bits per heavy atom. The van der Waals surface area contributed by atoms with E-state index < -0.39 is 0 Å². The molecule has 1 rings (SSSR count). The van der Waals surface area contributed by atoms with Crippen LogP contribution in [0.25, 0.3) is 0 Å². The fourth-order valence-electron chi connectivity index (χ4n) is 0.883. The van der Waals surface area contributed by atoms with Crippen LogP contribution in [0.15, 0.2) is 11.8 Å². The number of ketones is 1. The van der Waals surface area contributed by atoms with Gasteiger partial charge in [0.15, 0.2) is 12.4 Å². The zero-order valence-electron chi connectivity index (χ0n) is 6.83. The average molecular weight is 170 g/mol. The average Bonchev–Trinajstić information content (AvgIpc) is 2.36. The summed E-state index contributed by atoms with van der Waals surface area (Å²) in [6, 6.07) is 0. The molecule has 0 amide bonds. The highest BCUT2D eigenvalue weighted by Crippen LogP contribution is 2.11. The van der Waals surface area contributed by atoms with Crippen LogP contribution in [0, 0.1) is 0 Å². The molecular weight excluding hydrogens is 160 g/mol. The molecule has 0 aliphatic carbocycles. The Morgan fingerprint density at radius 2 is 2.50 bits per heavy atom. The SMILES string of the molecule is CCOC(=O)CC1=CC(=O)CO1. The molecule has 0 atom stereocenters. The van der Waals surface area contributed by atoms with E-state index in [1.807, 2.05) is 0 Å². The van der Waals surface area contributed by atoms with Crippen LogP contribution in [0.5, 0.6) is 0 Å². The van der Waals surface area contributed by atoms with Gasteiger partial charge >= 0.3 is 5.97 Å². The van der Waals surface area contributed by atoms with Crippen LogP contribution in [0.3, 0.4) is 0 Å². The molecule has 1 aliphatic rings. The van der Waals surface area contributed by atoms with E-state index in [4.69, 9.17) is 4.74 Å². The standard InChI is InChI=1S/C8H10O4/c1-2-11-8(10)4-7-3-6(9)5-12-7/h3H,2,4-5H2,1H3. The van der Waals surface area contributed by atoms with Crippen molar-refractivity contribution in [3.8, 4) is 0 Å². The minimum atomic E-state index is -0.363. The van der Waals surface area contributed by atoms with E-state index in [1.54, 1.807) is 6.92 Å². The Bertz CT molecular complexity index is 229. The molecule has 0 spiro atoms. The molecule has 4 heteroatoms. The van der Waals surface area contributed by atoms with E-state index in [0.717, 1.165) is 0 Å². The lowest BCUT2D eigenvalue weighted by Crippen LogP contribution is -2.05. The number of hydrogen-bond donors (Lipinski definition) is 0. The number of ether oxygens (including phenoxy) is 2. The van der Waals surface area contributed by atoms with Gasteiger partial charge in [0.25, 0.3) is 0 Å². The van der Waals surface area contributed by atoms with Crippen molar-refractivity contribution in [1.29, 1.82) is 0 Å². The number of carbonyl (C=O) groups is 2. The molecule has 0 aromatic heterocycles. The van der Waals surface area contributed by atoms with Crippen molar-refractivity contribution >= 4 is 11.8 Å². The maximum Gasteiger partial charge on any atom is 0.313 e. The first kappa shape index (κ1) is 8.77. The third-order valence-corrected chi connectivity index (χ3v) is 1.35. The molecule has 0 saturated carbocycles. The first-order valence-electron chi connectivity index (χ1n) is 3.74. The van der Waals surface area contributed by atoms with Gasteiger partial charge in [-0.05, 0) is 6.92 Å². The first-order valence-corrected chi connectivity index (χ1v) is 3.74. The zero-order chi connectivity index (χ0) is 8.97. The minimum Gasteiger partial charge on any atom is -0.489 e. The molecule has 1 heterocycles. The van der Waals surface area contributed by atoms with Crippen molar-refractivity contribution in [1.82, 2.24) is 0 Å². The van der Waals surface area contributed by atoms with Gasteiger partial charge in [0.2, 0.25) is 0 Å². The number of hydrogen-bond acceptors (Lipinski definition) is 4. The lowest BCUT2D eigenvalue weighted by Gasteiger charge is -2.01. The van der Waals surface area contributed by atoms with E-state index in [-0.39, 0.29) is 24.8 Å². The lowest BCUT2D eigenvalue weighted by molar-refractivity contribution is -0.143. The number of esters is 1. The van der Waals surface area contributed by atoms with Crippen molar-refractivity contribution in [3.63, 3.8) is 0 Å². The van der Waals surface area contributed by atoms with E-state index in [9.17, 15) is 9.59 Å². The van der Waals surface area contributed by atoms with E-state index in [1.165, 1.54) is 6.08 Å². The molecule has 12 heavy (non-hydrogen) atoms. The Kier molecular flexibility index (Phi) is 2.85. The summed E-state index contributed by atoms with van der Waals surface area (Å²) >= 11 is 0. The molecule has 0 aromatic rings. The maximum atomic E-state index is 10.9. The summed E-state index contributed by atoms with van der Waals surface area (Å²) in [5.74, 6) is -0.0637. The maximum absolute atomic E-state index is 10.9. The van der Waals surface area contributed by atoms with Crippen LogP contribution in [-0.2, 0) is 19.1 Å². The van der Waals surface area contributed by atoms with Gasteiger partial charge in [-0.15, -0.1) is 0 Å². The molecule has 0 fully saturated rings. The summed E-state index contributed by atoms with van der Waals surface area (Å²) < 4.78 is 9.56. The lowest BCUT2D eigenvalue weighted by atomic mass is 10.3. The third-order valence-electron chi connectivity index (χ3n) is 1.35. The molecule has 1 aliphatic heterocycles. The number of rotatable bonds is 3. The van der Waals surface area contributed by atoms with Crippen LogP contribution in [0.2, 0.25) is 0 Å². The largest absolute Gasteiger partial charge is 0.489 e. The van der Waals surface area contributed by atoms with E-state index in [0.29, 0.717) is 12.4 Å². The van der Waals surface area contributed by atoms with Gasteiger partial charge in [-0.1, -0.05) is 0 Å². The highest BCUT2D eigenvalue weighted by Gasteiger charge is 2.16. The van der Waals surface area contributed by atoms with Crippen LogP contribution in [-0.4, -0.2) is 25.0 Å². The topological polar surface area (TPSA) is 52.6 Å². The van der Waals surface area contributed by atoms with Gasteiger partial charge in [0.1, 0.15) is 12.2 Å². The summed E-state index contributed by atoms with van der Waals surface area (Å²) in [6.07, 6.45) is 1.39. The predicted octanol–water partition coefficient (Wildman–Crippen LogP) is 0.423. The molecule has 66 valence electrons. The van der Waals surface area contributed by atoms with Gasteiger partial charge in [-0.3, -0.25) is 9.59 Å². The van der Waals surface area contributed by atoms with Gasteiger partial charge in [0.05, 0.1) is 6.61 Å². The fourth-order valence-corrected chi connectivity index (χ4v) is 0.883. The second-order valence-corrected chi connectivity index (χ2v) is 2.35. The normalized spacial score (nSPS) is 15.4. The zero-order valence-corrected chi connectivity index (χ0v) is 6.83. The second kappa shape index (κ2) is 3.90. The first-order chi connectivity index (χ1) is 5.72. The molecule has 0 bridgehead atoms. The van der Waals surface area contributed by atoms with Crippen LogP contribution in [0.1, 0.15) is 13.3 Å². The molecule has 0 unspecified atom stereocenters. The Labute approximate surface area is 70.1 Å². The Morgan fingerprint density at radius 1 is 1.75 bits per heavy atom. The molecule has 0 N–H and O–H groups in total. The van der Waals surface area contributed by atoms with E-state index >= 15 is 0 Å². The number of carbonyl (C=O) groups excluding carboxylic acids is 2. The van der Waals surface area contributed by atoms with E-state index in [2.05, 4.69) is 4.74 Å². The Balaban J connectivity index is 2.36. The van der Waals surface area contributed by atoms with Crippen molar-refractivity contribution in [2.45, 2.75) is 13.3 Å². The van der Waals surface area contributed by atoms with Gasteiger partial charge in [0, 0.05) is 6.08 Å². The summed E-state index contributed by atoms with van der Waals surface area (Å²) in [4.78, 5) is 21.5. The molecule has 4 nitrogen and oxygen atoms in total. The minimum absolute atomic E-state index is 0.0503. The van der Waals surface area contributed by atoms with Crippen molar-refractivity contribution < 1.29 is 19.1 Å². The molecular formula is C8H10O4. The predicted molar refractivity (Wildman–Crippen MR) is 40.3 cm³/mol. The van der Waals surface area contributed by atoms with Crippen molar-refractivity contribution in [2.24, 2.45) is 0 Å². The smallest absolute Gasteiger partial charge is 0.313 e. The van der Waals surface area contributed by atoms with Crippen molar-refractivity contribution in [2.75, 3.05) is 13.2 Å². The Hall–Kier alpha value is -1.32. The van der Waals surface area contributed by atoms with Gasteiger partial charge in [-0.2, -0.15) is 0 Å². The highest BCUT2D eigenvalue weighted by atomic mass is 16.5. The summed E-state index contributed by atoms with van der Waals surface area (Å²) in [6.45, 7) is 2.13. The summed E-state index contributed by atoms with van der Waals surface area (Å²) in [5.41, 5.74) is 0. The molecule has 0 aromatic carbocycles. The van der Waals surface area contributed by atoms with Gasteiger partial charge < -0.3 is 9.47 Å². The monoisotopic (exact) mass is 170 g/mol. The third kappa shape index (κ3) is 2.38. The summed E-state index contributed by atoms with van der Waals surface area (Å²) in [7, 11) is 0. The molecule has 0 radical (unpaired) electrons. The van der Waals surface area contributed by atoms with Crippen molar-refractivity contribution in [3.05, 3.63) is 11.8 Å². The van der Waals surface area contributed by atoms with Crippen LogP contribution in [0.4, 0.5) is 0 Å². The summed E-state index contributed by atoms with van der Waals surface area (Å²) in [5, 5.41) is 0. The molecule has 0 saturated heterocycles. The quantitative estimate of drug-likeness (QED) is 0.576. The van der Waals surface area contributed by atoms with Gasteiger partial charge in [-0.25, -0.2) is 0 Å². The fraction of sp³-hybridized carbons (Fsp3) is 0.500. The van der Waals surface area contributed by atoms with Crippen LogP contribution >= 0.6 is 0 Å². The second-order valence-electron chi connectivity index (χ2n) is 2.35. The highest BCUT2D eigenvalue weighted by molar-refractivity contribution is 5.93. The van der Waals surface area contributed by atoms with Crippen LogP contribution < -0.4 is 0 Å².